The van der Waals surface area contributed by atoms with E-state index in [4.69, 9.17) is 19.9 Å². The van der Waals surface area contributed by atoms with E-state index in [-0.39, 0.29) is 11.8 Å². The Bertz CT molecular complexity index is 433. The Morgan fingerprint density at radius 1 is 0.958 bits per heavy atom. The molecule has 0 saturated heterocycles. The van der Waals surface area contributed by atoms with Crippen LogP contribution in [0.3, 0.4) is 0 Å². The highest BCUT2D eigenvalue weighted by atomic mass is 16.7. The SMILES string of the molecule is CC(C)(C)CCCOC(=O)CC(N)C(=O)OCOC(=O)C(C)(C)C. The fraction of sp³-hybridized carbons (Fsp3) is 0.824. The summed E-state index contributed by atoms with van der Waals surface area (Å²) in [4.78, 5) is 34.7. The van der Waals surface area contributed by atoms with Crippen molar-refractivity contribution >= 4 is 17.9 Å². The number of rotatable bonds is 8. The van der Waals surface area contributed by atoms with E-state index in [2.05, 4.69) is 20.8 Å². The highest BCUT2D eigenvalue weighted by Crippen LogP contribution is 2.20. The van der Waals surface area contributed by atoms with E-state index in [1.165, 1.54) is 0 Å². The number of esters is 3. The first-order valence-corrected chi connectivity index (χ1v) is 8.08. The Labute approximate surface area is 144 Å². The Balaban J connectivity index is 3.97. The molecule has 0 rings (SSSR count). The third kappa shape index (κ3) is 11.0. The van der Waals surface area contributed by atoms with E-state index in [0.29, 0.717) is 6.61 Å². The van der Waals surface area contributed by atoms with Gasteiger partial charge in [0.2, 0.25) is 6.79 Å². The summed E-state index contributed by atoms with van der Waals surface area (Å²) in [5, 5.41) is 0. The van der Waals surface area contributed by atoms with Crippen LogP contribution in [0.25, 0.3) is 0 Å². The quantitative estimate of drug-likeness (QED) is 0.408. The number of carbonyl (C=O) groups excluding carboxylic acids is 3. The second-order valence-electron chi connectivity index (χ2n) is 7.96. The summed E-state index contributed by atoms with van der Waals surface area (Å²) in [6.45, 7) is 11.1. The molecule has 7 nitrogen and oxygen atoms in total. The molecule has 0 aromatic carbocycles. The molecular weight excluding hydrogens is 314 g/mol. The average Bonchev–Trinajstić information content (AvgIpc) is 2.41. The number of nitrogens with two attached hydrogens (primary N) is 1. The topological polar surface area (TPSA) is 105 Å². The summed E-state index contributed by atoms with van der Waals surface area (Å²) in [6, 6.07) is -1.14. The van der Waals surface area contributed by atoms with Gasteiger partial charge in [-0.2, -0.15) is 0 Å². The molecule has 1 atom stereocenters. The molecule has 0 saturated carbocycles. The van der Waals surface area contributed by atoms with E-state index in [1.807, 2.05) is 0 Å². The molecule has 0 bridgehead atoms. The van der Waals surface area contributed by atoms with Gasteiger partial charge in [-0.3, -0.25) is 14.4 Å². The van der Waals surface area contributed by atoms with E-state index in [1.54, 1.807) is 20.8 Å². The zero-order chi connectivity index (χ0) is 19.0. The number of hydrogen-bond donors (Lipinski definition) is 1. The molecular formula is C17H31NO6. The lowest BCUT2D eigenvalue weighted by Gasteiger charge is -2.18. The maximum atomic E-state index is 11.6. The monoisotopic (exact) mass is 345 g/mol. The lowest BCUT2D eigenvalue weighted by molar-refractivity contribution is -0.174. The van der Waals surface area contributed by atoms with Crippen molar-refractivity contribution in [3.8, 4) is 0 Å². The molecule has 0 aromatic heterocycles. The lowest BCUT2D eigenvalue weighted by atomic mass is 9.91. The smallest absolute Gasteiger partial charge is 0.326 e. The van der Waals surface area contributed by atoms with Crippen molar-refractivity contribution in [3.63, 3.8) is 0 Å². The fourth-order valence-corrected chi connectivity index (χ4v) is 1.57. The van der Waals surface area contributed by atoms with Gasteiger partial charge in [0.05, 0.1) is 18.4 Å². The third-order valence-electron chi connectivity index (χ3n) is 3.03. The maximum Gasteiger partial charge on any atom is 0.326 e. The van der Waals surface area contributed by atoms with Gasteiger partial charge in [0.25, 0.3) is 0 Å². The lowest BCUT2D eigenvalue weighted by Crippen LogP contribution is -2.36. The second kappa shape index (κ2) is 9.61. The molecule has 7 heteroatoms. The minimum absolute atomic E-state index is 0.178. The molecule has 0 fully saturated rings. The van der Waals surface area contributed by atoms with E-state index < -0.39 is 36.2 Å². The van der Waals surface area contributed by atoms with Gasteiger partial charge in [0.15, 0.2) is 0 Å². The summed E-state index contributed by atoms with van der Waals surface area (Å²) in [5.41, 5.74) is 5.07. The second-order valence-corrected chi connectivity index (χ2v) is 7.96. The van der Waals surface area contributed by atoms with Crippen molar-refractivity contribution in [3.05, 3.63) is 0 Å². The Morgan fingerprint density at radius 3 is 2.04 bits per heavy atom. The molecule has 0 radical (unpaired) electrons. The molecule has 0 amide bonds. The molecule has 140 valence electrons. The summed E-state index contributed by atoms with van der Waals surface area (Å²) >= 11 is 0. The van der Waals surface area contributed by atoms with Crippen LogP contribution in [0, 0.1) is 10.8 Å². The fourth-order valence-electron chi connectivity index (χ4n) is 1.57. The van der Waals surface area contributed by atoms with Crippen molar-refractivity contribution < 1.29 is 28.6 Å². The van der Waals surface area contributed by atoms with Crippen LogP contribution in [0.15, 0.2) is 0 Å². The predicted octanol–water partition coefficient (Wildman–Crippen LogP) is 2.16. The number of carbonyl (C=O) groups is 3. The summed E-state index contributed by atoms with van der Waals surface area (Å²) in [5.74, 6) is -1.87. The van der Waals surface area contributed by atoms with Crippen molar-refractivity contribution in [2.24, 2.45) is 16.6 Å². The molecule has 24 heavy (non-hydrogen) atoms. The van der Waals surface area contributed by atoms with Crippen LogP contribution in [0.2, 0.25) is 0 Å². The van der Waals surface area contributed by atoms with Crippen LogP contribution in [0.5, 0.6) is 0 Å². The van der Waals surface area contributed by atoms with E-state index in [0.717, 1.165) is 12.8 Å². The molecule has 0 aliphatic rings. The van der Waals surface area contributed by atoms with Crippen molar-refractivity contribution in [1.29, 1.82) is 0 Å². The van der Waals surface area contributed by atoms with Gasteiger partial charge in [-0.15, -0.1) is 0 Å². The van der Waals surface area contributed by atoms with Crippen molar-refractivity contribution in [1.82, 2.24) is 0 Å². The van der Waals surface area contributed by atoms with Crippen LogP contribution in [0.1, 0.15) is 60.8 Å². The zero-order valence-corrected chi connectivity index (χ0v) is 15.6. The standard InChI is InChI=1S/C17H31NO6/c1-16(2,3)8-7-9-22-13(19)10-12(18)14(20)23-11-24-15(21)17(4,5)6/h12H,7-11,18H2,1-6H3. The summed E-state index contributed by atoms with van der Waals surface area (Å²) < 4.78 is 14.5. The summed E-state index contributed by atoms with van der Waals surface area (Å²) in [6.07, 6.45) is 1.40. The van der Waals surface area contributed by atoms with Crippen molar-refractivity contribution in [2.75, 3.05) is 13.4 Å². The Hall–Kier alpha value is -1.63. The van der Waals surface area contributed by atoms with Crippen LogP contribution < -0.4 is 5.73 Å². The summed E-state index contributed by atoms with van der Waals surface area (Å²) in [7, 11) is 0. The van der Waals surface area contributed by atoms with Crippen LogP contribution in [-0.4, -0.2) is 37.3 Å². The first-order chi connectivity index (χ1) is 10.8. The van der Waals surface area contributed by atoms with Gasteiger partial charge in [0, 0.05) is 0 Å². The van der Waals surface area contributed by atoms with Gasteiger partial charge in [-0.25, -0.2) is 0 Å². The largest absolute Gasteiger partial charge is 0.466 e. The molecule has 0 aliphatic carbocycles. The average molecular weight is 345 g/mol. The van der Waals surface area contributed by atoms with E-state index >= 15 is 0 Å². The Kier molecular flexibility index (Phi) is 8.96. The van der Waals surface area contributed by atoms with Crippen molar-refractivity contribution in [2.45, 2.75) is 66.8 Å². The molecule has 0 heterocycles. The van der Waals surface area contributed by atoms with Gasteiger partial charge in [0.1, 0.15) is 6.04 Å². The third-order valence-corrected chi connectivity index (χ3v) is 3.03. The first kappa shape index (κ1) is 22.4. The van der Waals surface area contributed by atoms with Gasteiger partial charge >= 0.3 is 17.9 Å². The van der Waals surface area contributed by atoms with Crippen LogP contribution in [0.4, 0.5) is 0 Å². The highest BCUT2D eigenvalue weighted by molar-refractivity contribution is 5.82. The van der Waals surface area contributed by atoms with Crippen LogP contribution in [-0.2, 0) is 28.6 Å². The normalized spacial score (nSPS) is 13.1. The van der Waals surface area contributed by atoms with Gasteiger partial charge in [-0.1, -0.05) is 20.8 Å². The number of hydrogen-bond acceptors (Lipinski definition) is 7. The Morgan fingerprint density at radius 2 is 1.54 bits per heavy atom. The molecule has 0 spiro atoms. The molecule has 2 N–H and O–H groups in total. The molecule has 0 aromatic rings. The first-order valence-electron chi connectivity index (χ1n) is 8.08. The zero-order valence-electron chi connectivity index (χ0n) is 15.6. The minimum atomic E-state index is -1.14. The van der Waals surface area contributed by atoms with Crippen LogP contribution >= 0.6 is 0 Å². The molecule has 0 aliphatic heterocycles. The minimum Gasteiger partial charge on any atom is -0.466 e. The van der Waals surface area contributed by atoms with Gasteiger partial charge in [-0.05, 0) is 39.0 Å². The van der Waals surface area contributed by atoms with Gasteiger partial charge < -0.3 is 19.9 Å². The highest BCUT2D eigenvalue weighted by Gasteiger charge is 2.24. The maximum absolute atomic E-state index is 11.6. The van der Waals surface area contributed by atoms with E-state index in [9.17, 15) is 14.4 Å². The number of ether oxygens (including phenoxy) is 3. The predicted molar refractivity (Wildman–Crippen MR) is 88.7 cm³/mol. The molecule has 1 unspecified atom stereocenters.